The molecule has 152 valence electrons. The molecule has 30 heavy (non-hydrogen) atoms. The van der Waals surface area contributed by atoms with Gasteiger partial charge in [0.05, 0.1) is 30.9 Å². The molecule has 2 heterocycles. The first-order valence-corrected chi connectivity index (χ1v) is 9.69. The second kappa shape index (κ2) is 8.21. The number of methoxy groups -OCH3 is 1. The van der Waals surface area contributed by atoms with Crippen LogP contribution in [0.2, 0.25) is 0 Å². The lowest BCUT2D eigenvalue weighted by atomic mass is 9.83. The van der Waals surface area contributed by atoms with Gasteiger partial charge in [-0.1, -0.05) is 31.2 Å². The summed E-state index contributed by atoms with van der Waals surface area (Å²) in [6, 6.07) is 17.5. The van der Waals surface area contributed by atoms with Crippen LogP contribution in [-0.2, 0) is 0 Å². The summed E-state index contributed by atoms with van der Waals surface area (Å²) in [4.78, 5) is 0. The van der Waals surface area contributed by atoms with E-state index in [0.717, 1.165) is 40.3 Å². The van der Waals surface area contributed by atoms with Crippen LogP contribution in [0.5, 0.6) is 17.4 Å². The molecule has 2 aromatic carbocycles. The largest absolute Gasteiger partial charge is 0.497 e. The maximum Gasteiger partial charge on any atom is 0.244 e. The molecule has 7 nitrogen and oxygen atoms in total. The maximum absolute atomic E-state index is 9.83. The highest BCUT2D eigenvalue weighted by atomic mass is 16.5. The van der Waals surface area contributed by atoms with E-state index in [1.54, 1.807) is 7.11 Å². The Balaban J connectivity index is 1.82. The van der Waals surface area contributed by atoms with Crippen LogP contribution in [0.4, 0.5) is 0 Å². The van der Waals surface area contributed by atoms with Crippen LogP contribution in [0, 0.1) is 11.3 Å². The first-order chi connectivity index (χ1) is 14.7. The summed E-state index contributed by atoms with van der Waals surface area (Å²) in [6.45, 7) is 2.71. The Bertz CT molecular complexity index is 1130. The van der Waals surface area contributed by atoms with Crippen molar-refractivity contribution < 1.29 is 14.2 Å². The highest BCUT2D eigenvalue weighted by Crippen LogP contribution is 2.46. The Hall–Kier alpha value is -3.92. The van der Waals surface area contributed by atoms with Gasteiger partial charge >= 0.3 is 0 Å². The highest BCUT2D eigenvalue weighted by molar-refractivity contribution is 5.71. The van der Waals surface area contributed by atoms with E-state index in [2.05, 4.69) is 23.2 Å². The van der Waals surface area contributed by atoms with E-state index in [1.165, 1.54) is 0 Å². The third-order valence-electron chi connectivity index (χ3n) is 4.98. The molecule has 4 rings (SSSR count). The van der Waals surface area contributed by atoms with Gasteiger partial charge < -0.3 is 19.9 Å². The predicted molar refractivity (Wildman–Crippen MR) is 112 cm³/mol. The zero-order valence-corrected chi connectivity index (χ0v) is 16.8. The van der Waals surface area contributed by atoms with Crippen LogP contribution in [0.1, 0.15) is 30.4 Å². The lowest BCUT2D eigenvalue weighted by Gasteiger charge is -2.24. The van der Waals surface area contributed by atoms with Crippen molar-refractivity contribution in [3.8, 4) is 34.7 Å². The first kappa shape index (κ1) is 19.4. The number of benzene rings is 2. The van der Waals surface area contributed by atoms with Crippen LogP contribution in [-0.4, -0.2) is 23.9 Å². The molecule has 1 atom stereocenters. The fourth-order valence-corrected chi connectivity index (χ4v) is 3.55. The summed E-state index contributed by atoms with van der Waals surface area (Å²) in [5, 5.41) is 17.2. The molecule has 1 aromatic heterocycles. The quantitative estimate of drug-likeness (QED) is 0.643. The van der Waals surface area contributed by atoms with Crippen molar-refractivity contribution in [2.24, 2.45) is 5.73 Å². The van der Waals surface area contributed by atoms with Crippen LogP contribution in [0.15, 0.2) is 60.0 Å². The lowest BCUT2D eigenvalue weighted by molar-refractivity contribution is 0.317. The number of aromatic amines is 1. The molecule has 0 fully saturated rings. The second-order valence-corrected chi connectivity index (χ2v) is 6.89. The standard InChI is InChI=1S/C23H22N4O3/c1-3-11-29-16-9-7-14(8-10-16)19-18(13-24)22(25)30-23-20(19)21(26-27-23)15-5-4-6-17(12-15)28-2/h4-10,12,19H,3,11,25H2,1-2H3,(H,26,27). The predicted octanol–water partition coefficient (Wildman–Crippen LogP) is 4.09. The molecular formula is C23H22N4O3. The van der Waals surface area contributed by atoms with Crippen LogP contribution in [0.25, 0.3) is 11.3 Å². The average Bonchev–Trinajstić information content (AvgIpc) is 3.20. The molecule has 0 radical (unpaired) electrons. The number of fused-ring (bicyclic) bond motifs is 1. The van der Waals surface area contributed by atoms with Crippen molar-refractivity contribution in [1.82, 2.24) is 10.2 Å². The van der Waals surface area contributed by atoms with Crippen molar-refractivity contribution in [2.75, 3.05) is 13.7 Å². The Kier molecular flexibility index (Phi) is 5.31. The molecule has 1 unspecified atom stereocenters. The molecular weight excluding hydrogens is 380 g/mol. The van der Waals surface area contributed by atoms with E-state index in [-0.39, 0.29) is 5.88 Å². The number of nitrogens with one attached hydrogen (secondary N) is 1. The van der Waals surface area contributed by atoms with Gasteiger partial charge in [0.15, 0.2) is 0 Å². The van der Waals surface area contributed by atoms with Gasteiger partial charge in [-0.2, -0.15) is 5.26 Å². The van der Waals surface area contributed by atoms with Crippen molar-refractivity contribution in [2.45, 2.75) is 19.3 Å². The number of nitriles is 1. The molecule has 0 amide bonds. The summed E-state index contributed by atoms with van der Waals surface area (Å²) in [5.74, 6) is 1.50. The van der Waals surface area contributed by atoms with Crippen molar-refractivity contribution in [3.63, 3.8) is 0 Å². The van der Waals surface area contributed by atoms with E-state index in [4.69, 9.17) is 19.9 Å². The van der Waals surface area contributed by atoms with Crippen molar-refractivity contribution in [1.29, 1.82) is 5.26 Å². The Morgan fingerprint density at radius 1 is 1.20 bits per heavy atom. The van der Waals surface area contributed by atoms with Gasteiger partial charge in [-0.15, -0.1) is 5.10 Å². The molecule has 1 aliphatic rings. The molecule has 0 spiro atoms. The topological polar surface area (TPSA) is 106 Å². The van der Waals surface area contributed by atoms with Gasteiger partial charge in [0, 0.05) is 5.56 Å². The van der Waals surface area contributed by atoms with Gasteiger partial charge in [0.1, 0.15) is 23.1 Å². The molecule has 0 bridgehead atoms. The number of hydrogen-bond acceptors (Lipinski definition) is 6. The zero-order chi connectivity index (χ0) is 21.1. The minimum absolute atomic E-state index is 0.0602. The Morgan fingerprint density at radius 2 is 2.00 bits per heavy atom. The summed E-state index contributed by atoms with van der Waals surface area (Å²) >= 11 is 0. The molecule has 0 aliphatic carbocycles. The SMILES string of the molecule is CCCOc1ccc(C2C(C#N)=C(N)Oc3n[nH]c(-c4cccc(OC)c4)c32)cc1. The van der Waals surface area contributed by atoms with Crippen LogP contribution < -0.4 is 19.9 Å². The first-order valence-electron chi connectivity index (χ1n) is 9.69. The number of hydrogen-bond donors (Lipinski definition) is 2. The third-order valence-corrected chi connectivity index (χ3v) is 4.98. The number of ether oxygens (including phenoxy) is 3. The van der Waals surface area contributed by atoms with Crippen LogP contribution >= 0.6 is 0 Å². The summed E-state index contributed by atoms with van der Waals surface area (Å²) in [6.07, 6.45) is 0.932. The van der Waals surface area contributed by atoms with Gasteiger partial charge in [-0.25, -0.2) is 0 Å². The summed E-state index contributed by atoms with van der Waals surface area (Å²) in [7, 11) is 1.62. The van der Waals surface area contributed by atoms with Crippen molar-refractivity contribution in [3.05, 3.63) is 71.1 Å². The fraction of sp³-hybridized carbons (Fsp3) is 0.217. The van der Waals surface area contributed by atoms with E-state index >= 15 is 0 Å². The van der Waals surface area contributed by atoms with Gasteiger partial charge in [-0.3, -0.25) is 5.10 Å². The monoisotopic (exact) mass is 402 g/mol. The molecule has 3 aromatic rings. The number of nitrogens with two attached hydrogens (primary N) is 1. The molecule has 7 heteroatoms. The summed E-state index contributed by atoms with van der Waals surface area (Å²) < 4.78 is 16.7. The Labute approximate surface area is 174 Å². The number of H-pyrrole nitrogens is 1. The maximum atomic E-state index is 9.83. The lowest BCUT2D eigenvalue weighted by Crippen LogP contribution is -2.21. The zero-order valence-electron chi connectivity index (χ0n) is 16.8. The summed E-state index contributed by atoms with van der Waals surface area (Å²) in [5.41, 5.74) is 9.68. The van der Waals surface area contributed by atoms with Crippen molar-refractivity contribution >= 4 is 0 Å². The average molecular weight is 402 g/mol. The fourth-order valence-electron chi connectivity index (χ4n) is 3.55. The van der Waals surface area contributed by atoms with E-state index < -0.39 is 5.92 Å². The minimum atomic E-state index is -0.418. The number of aromatic nitrogens is 2. The van der Waals surface area contributed by atoms with Gasteiger partial charge in [0.2, 0.25) is 11.8 Å². The van der Waals surface area contributed by atoms with Crippen LogP contribution in [0.3, 0.4) is 0 Å². The molecule has 1 aliphatic heterocycles. The smallest absolute Gasteiger partial charge is 0.244 e. The molecule has 0 saturated carbocycles. The molecule has 3 N–H and O–H groups in total. The Morgan fingerprint density at radius 3 is 2.70 bits per heavy atom. The molecule has 0 saturated heterocycles. The minimum Gasteiger partial charge on any atom is -0.497 e. The normalized spacial score (nSPS) is 15.2. The second-order valence-electron chi connectivity index (χ2n) is 6.89. The van der Waals surface area contributed by atoms with Gasteiger partial charge in [-0.05, 0) is 36.2 Å². The van der Waals surface area contributed by atoms with Gasteiger partial charge in [0.25, 0.3) is 0 Å². The third kappa shape index (κ3) is 3.44. The van der Waals surface area contributed by atoms with E-state index in [0.29, 0.717) is 18.1 Å². The van der Waals surface area contributed by atoms with E-state index in [9.17, 15) is 5.26 Å². The van der Waals surface area contributed by atoms with E-state index in [1.807, 2.05) is 48.5 Å². The number of allylic oxidation sites excluding steroid dienone is 1. The number of nitrogens with zero attached hydrogens (tertiary/aromatic N) is 2. The number of rotatable bonds is 6. The highest BCUT2D eigenvalue weighted by Gasteiger charge is 2.35.